The molecule has 1 atom stereocenters. The number of fused-ring (bicyclic) bond motifs is 1. The lowest BCUT2D eigenvalue weighted by Crippen LogP contribution is -2.15. The lowest BCUT2D eigenvalue weighted by atomic mass is 10.0. The molecule has 1 heterocycles. The number of amides is 1. The van der Waals surface area contributed by atoms with Gasteiger partial charge >= 0.3 is 0 Å². The third kappa shape index (κ3) is 3.87. The lowest BCUT2D eigenvalue weighted by Gasteiger charge is -2.14. The van der Waals surface area contributed by atoms with Crippen molar-refractivity contribution < 1.29 is 4.79 Å². The van der Waals surface area contributed by atoms with Gasteiger partial charge in [-0.3, -0.25) is 4.79 Å². The lowest BCUT2D eigenvalue weighted by molar-refractivity contribution is -0.113. The fourth-order valence-corrected chi connectivity index (χ4v) is 4.21. The maximum absolute atomic E-state index is 12.5. The number of nitrogens with zero attached hydrogens (tertiary/aromatic N) is 3. The van der Waals surface area contributed by atoms with E-state index in [1.54, 1.807) is 0 Å². The molecule has 0 bridgehead atoms. The maximum Gasteiger partial charge on any atom is 0.234 e. The van der Waals surface area contributed by atoms with E-state index in [1.165, 1.54) is 11.8 Å². The topological polar surface area (TPSA) is 59.8 Å². The highest BCUT2D eigenvalue weighted by atomic mass is 32.2. The predicted octanol–water partition coefficient (Wildman–Crippen LogP) is 4.78. The van der Waals surface area contributed by atoms with Crippen LogP contribution in [-0.4, -0.2) is 26.4 Å². The van der Waals surface area contributed by atoms with E-state index in [-0.39, 0.29) is 11.8 Å². The Morgan fingerprint density at radius 1 is 1.18 bits per heavy atom. The van der Waals surface area contributed by atoms with Gasteiger partial charge in [0.05, 0.1) is 5.75 Å². The van der Waals surface area contributed by atoms with Crippen LogP contribution in [0.2, 0.25) is 0 Å². The molecule has 0 spiro atoms. The van der Waals surface area contributed by atoms with Crippen LogP contribution >= 0.6 is 11.8 Å². The van der Waals surface area contributed by atoms with Gasteiger partial charge < -0.3 is 9.88 Å². The van der Waals surface area contributed by atoms with Gasteiger partial charge in [0.2, 0.25) is 5.91 Å². The van der Waals surface area contributed by atoms with Gasteiger partial charge in [0.15, 0.2) is 5.16 Å². The first-order valence-corrected chi connectivity index (χ1v) is 10.4. The number of aromatic nitrogens is 3. The number of nitrogens with one attached hydrogen (secondary N) is 1. The van der Waals surface area contributed by atoms with E-state index in [4.69, 9.17) is 0 Å². The highest BCUT2D eigenvalue weighted by molar-refractivity contribution is 7.99. The van der Waals surface area contributed by atoms with E-state index in [0.29, 0.717) is 5.75 Å². The van der Waals surface area contributed by atoms with Crippen molar-refractivity contribution in [3.05, 3.63) is 72.6 Å². The van der Waals surface area contributed by atoms with Crippen LogP contribution in [0.15, 0.2) is 71.9 Å². The van der Waals surface area contributed by atoms with E-state index in [1.807, 2.05) is 48.5 Å². The minimum atomic E-state index is -0.0472. The summed E-state index contributed by atoms with van der Waals surface area (Å²) >= 11 is 1.42. The summed E-state index contributed by atoms with van der Waals surface area (Å²) in [5.74, 6) is 1.45. The summed E-state index contributed by atoms with van der Waals surface area (Å²) in [5, 5.41) is 14.7. The Balaban J connectivity index is 1.44. The first kappa shape index (κ1) is 18.5. The average Bonchev–Trinajstić information content (AvgIpc) is 3.16. The Morgan fingerprint density at radius 2 is 2.04 bits per heavy atom. The predicted molar refractivity (Wildman–Crippen MR) is 115 cm³/mol. The Labute approximate surface area is 168 Å². The molecule has 1 aliphatic rings. The fourth-order valence-electron chi connectivity index (χ4n) is 3.40. The molecule has 0 radical (unpaired) electrons. The number of carbonyl (C=O) groups is 1. The summed E-state index contributed by atoms with van der Waals surface area (Å²) in [4.78, 5) is 12.5. The molecule has 4 rings (SSSR count). The van der Waals surface area contributed by atoms with Gasteiger partial charge in [-0.25, -0.2) is 0 Å². The molecular formula is C22H22N4OS. The van der Waals surface area contributed by atoms with E-state index in [0.717, 1.165) is 40.4 Å². The first-order valence-electron chi connectivity index (χ1n) is 9.43. The van der Waals surface area contributed by atoms with E-state index in [9.17, 15) is 4.79 Å². The number of hydrogen-bond acceptors (Lipinski definition) is 4. The first-order chi connectivity index (χ1) is 13.8. The quantitative estimate of drug-likeness (QED) is 0.615. The number of allylic oxidation sites excluding steroid dienone is 4. The van der Waals surface area contributed by atoms with E-state index in [2.05, 4.69) is 45.2 Å². The third-order valence-corrected chi connectivity index (χ3v) is 5.74. The highest BCUT2D eigenvalue weighted by Gasteiger charge is 2.19. The highest BCUT2D eigenvalue weighted by Crippen LogP contribution is 2.27. The van der Waals surface area contributed by atoms with Crippen LogP contribution in [0.25, 0.3) is 10.8 Å². The molecule has 1 amide bonds. The summed E-state index contributed by atoms with van der Waals surface area (Å²) < 4.78 is 2.10. The van der Waals surface area contributed by atoms with Crippen LogP contribution < -0.4 is 5.32 Å². The van der Waals surface area contributed by atoms with Crippen molar-refractivity contribution in [3.8, 4) is 0 Å². The molecular weight excluding hydrogens is 368 g/mol. The van der Waals surface area contributed by atoms with Crippen LogP contribution in [0.3, 0.4) is 0 Å². The zero-order chi connectivity index (χ0) is 19.3. The van der Waals surface area contributed by atoms with Crippen molar-refractivity contribution >= 4 is 34.1 Å². The molecule has 0 fully saturated rings. The average molecular weight is 391 g/mol. The summed E-state index contributed by atoms with van der Waals surface area (Å²) in [6, 6.07) is 14.0. The molecule has 0 saturated heterocycles. The standard InChI is InChI=1S/C22H22N4OS/c1-2-26-21(17-10-4-3-5-11-17)24-25-22(26)28-15-20(27)23-19-14-8-12-16-9-6-7-13-18(16)19/h3-10,12-14,17H,2,11,15H2,1H3,(H,23,27). The summed E-state index contributed by atoms with van der Waals surface area (Å²) in [7, 11) is 0. The van der Waals surface area contributed by atoms with Crippen LogP contribution in [0.5, 0.6) is 0 Å². The van der Waals surface area contributed by atoms with Gasteiger partial charge in [-0.05, 0) is 24.8 Å². The van der Waals surface area contributed by atoms with Crippen LogP contribution in [0.4, 0.5) is 5.69 Å². The molecule has 1 aromatic heterocycles. The normalized spacial score (nSPS) is 15.8. The summed E-state index contributed by atoms with van der Waals surface area (Å²) in [6.07, 6.45) is 9.33. The van der Waals surface area contributed by atoms with Crippen LogP contribution in [0, 0.1) is 0 Å². The Hall–Kier alpha value is -2.86. The fraction of sp³-hybridized carbons (Fsp3) is 0.227. The second-order valence-electron chi connectivity index (χ2n) is 6.60. The van der Waals surface area contributed by atoms with Crippen molar-refractivity contribution in [3.63, 3.8) is 0 Å². The zero-order valence-electron chi connectivity index (χ0n) is 15.7. The van der Waals surface area contributed by atoms with E-state index >= 15 is 0 Å². The minimum Gasteiger partial charge on any atom is -0.325 e. The van der Waals surface area contributed by atoms with Crippen LogP contribution in [0.1, 0.15) is 25.1 Å². The van der Waals surface area contributed by atoms with Gasteiger partial charge in [0.1, 0.15) is 5.82 Å². The van der Waals surface area contributed by atoms with Gasteiger partial charge in [0, 0.05) is 23.5 Å². The van der Waals surface area contributed by atoms with Gasteiger partial charge in [0.25, 0.3) is 0 Å². The Kier molecular flexibility index (Phi) is 5.58. The zero-order valence-corrected chi connectivity index (χ0v) is 16.5. The molecule has 1 N–H and O–H groups in total. The van der Waals surface area contributed by atoms with Crippen LogP contribution in [-0.2, 0) is 11.3 Å². The molecule has 28 heavy (non-hydrogen) atoms. The smallest absolute Gasteiger partial charge is 0.234 e. The molecule has 3 aromatic rings. The molecule has 6 heteroatoms. The second kappa shape index (κ2) is 8.44. The van der Waals surface area contributed by atoms with E-state index < -0.39 is 0 Å². The maximum atomic E-state index is 12.5. The van der Waals surface area contributed by atoms with Gasteiger partial charge in [-0.1, -0.05) is 72.5 Å². The second-order valence-corrected chi connectivity index (χ2v) is 7.55. The number of thioether (sulfide) groups is 1. The minimum absolute atomic E-state index is 0.0472. The number of carbonyl (C=O) groups excluding carboxylic acids is 1. The Bertz CT molecular complexity index is 1050. The van der Waals surface area contributed by atoms with Crippen molar-refractivity contribution in [2.24, 2.45) is 0 Å². The molecule has 142 valence electrons. The molecule has 2 aromatic carbocycles. The molecule has 1 aliphatic carbocycles. The van der Waals surface area contributed by atoms with Crippen molar-refractivity contribution in [1.29, 1.82) is 0 Å². The van der Waals surface area contributed by atoms with Crippen molar-refractivity contribution in [2.75, 3.05) is 11.1 Å². The summed E-state index contributed by atoms with van der Waals surface area (Å²) in [5.41, 5.74) is 0.834. The largest absolute Gasteiger partial charge is 0.325 e. The monoisotopic (exact) mass is 390 g/mol. The van der Waals surface area contributed by atoms with Crippen molar-refractivity contribution in [1.82, 2.24) is 14.8 Å². The number of hydrogen-bond donors (Lipinski definition) is 1. The van der Waals surface area contributed by atoms with Crippen molar-refractivity contribution in [2.45, 2.75) is 31.0 Å². The molecule has 0 aliphatic heterocycles. The number of benzene rings is 2. The molecule has 0 saturated carbocycles. The summed E-state index contributed by atoms with van der Waals surface area (Å²) in [6.45, 7) is 2.86. The van der Waals surface area contributed by atoms with Gasteiger partial charge in [-0.2, -0.15) is 0 Å². The SMILES string of the molecule is CCn1c(SCC(=O)Nc2cccc3ccccc23)nnc1C1C=CC=CC1. The number of rotatable bonds is 6. The van der Waals surface area contributed by atoms with Gasteiger partial charge in [-0.15, -0.1) is 10.2 Å². The molecule has 1 unspecified atom stereocenters. The number of anilines is 1. The molecule has 5 nitrogen and oxygen atoms in total. The Morgan fingerprint density at radius 3 is 2.86 bits per heavy atom. The third-order valence-electron chi connectivity index (χ3n) is 4.77.